The van der Waals surface area contributed by atoms with E-state index in [1.54, 1.807) is 6.07 Å². The van der Waals surface area contributed by atoms with E-state index in [1.165, 1.54) is 6.07 Å². The van der Waals surface area contributed by atoms with Crippen molar-refractivity contribution in [2.24, 2.45) is 11.8 Å². The Morgan fingerprint density at radius 2 is 2.30 bits per heavy atom. The molecule has 108 valence electrons. The van der Waals surface area contributed by atoms with Crippen molar-refractivity contribution in [3.8, 4) is 5.75 Å². The first-order valence-corrected chi connectivity index (χ1v) is 7.09. The third-order valence-corrected chi connectivity index (χ3v) is 4.28. The molecule has 2 heterocycles. The van der Waals surface area contributed by atoms with Crippen molar-refractivity contribution in [1.29, 1.82) is 0 Å². The minimum absolute atomic E-state index is 0.0175. The zero-order valence-corrected chi connectivity index (χ0v) is 11.5. The van der Waals surface area contributed by atoms with Crippen LogP contribution in [0.2, 0.25) is 0 Å². The molecule has 3 rings (SSSR count). The van der Waals surface area contributed by atoms with E-state index >= 15 is 0 Å². The molecule has 5 heteroatoms. The van der Waals surface area contributed by atoms with Gasteiger partial charge in [-0.05, 0) is 25.1 Å². The van der Waals surface area contributed by atoms with Gasteiger partial charge < -0.3 is 15.4 Å². The number of nitrogens with one attached hydrogen (secondary N) is 2. The second kappa shape index (κ2) is 5.40. The summed E-state index contributed by atoms with van der Waals surface area (Å²) in [7, 11) is 0. The van der Waals surface area contributed by atoms with Crippen molar-refractivity contribution in [2.45, 2.75) is 19.4 Å². The van der Waals surface area contributed by atoms with Gasteiger partial charge in [0.1, 0.15) is 0 Å². The Morgan fingerprint density at radius 1 is 1.50 bits per heavy atom. The average molecular weight is 278 g/mol. The van der Waals surface area contributed by atoms with Crippen molar-refractivity contribution in [3.05, 3.63) is 29.6 Å². The van der Waals surface area contributed by atoms with Crippen LogP contribution >= 0.6 is 0 Å². The summed E-state index contributed by atoms with van der Waals surface area (Å²) in [5.74, 6) is 0.344. The molecule has 1 fully saturated rings. The lowest BCUT2D eigenvalue weighted by atomic mass is 9.87. The van der Waals surface area contributed by atoms with Crippen LogP contribution in [0.4, 0.5) is 4.39 Å². The molecule has 4 nitrogen and oxygen atoms in total. The van der Waals surface area contributed by atoms with Crippen molar-refractivity contribution in [3.63, 3.8) is 0 Å². The quantitative estimate of drug-likeness (QED) is 0.883. The van der Waals surface area contributed by atoms with Gasteiger partial charge in [0.15, 0.2) is 11.6 Å². The van der Waals surface area contributed by atoms with E-state index in [2.05, 4.69) is 10.6 Å². The van der Waals surface area contributed by atoms with E-state index in [4.69, 9.17) is 4.74 Å². The number of amides is 1. The lowest BCUT2D eigenvalue weighted by molar-refractivity contribution is -0.127. The van der Waals surface area contributed by atoms with Gasteiger partial charge in [0.05, 0.1) is 12.6 Å². The van der Waals surface area contributed by atoms with Crippen molar-refractivity contribution < 1.29 is 13.9 Å². The number of benzene rings is 1. The van der Waals surface area contributed by atoms with E-state index < -0.39 is 0 Å². The fourth-order valence-electron chi connectivity index (χ4n) is 2.72. The third kappa shape index (κ3) is 2.38. The molecule has 1 aromatic carbocycles. The molecule has 0 radical (unpaired) electrons. The first kappa shape index (κ1) is 13.4. The molecule has 20 heavy (non-hydrogen) atoms. The first-order valence-electron chi connectivity index (χ1n) is 7.09. The molecule has 1 unspecified atom stereocenters. The average Bonchev–Trinajstić information content (AvgIpc) is 2.38. The van der Waals surface area contributed by atoms with Gasteiger partial charge in [0.2, 0.25) is 5.91 Å². The molecule has 0 aromatic heterocycles. The van der Waals surface area contributed by atoms with Crippen LogP contribution in [-0.4, -0.2) is 25.6 Å². The molecule has 1 aromatic rings. The third-order valence-electron chi connectivity index (χ3n) is 4.28. The first-order chi connectivity index (χ1) is 9.66. The maximum atomic E-state index is 13.7. The highest BCUT2D eigenvalue weighted by Crippen LogP contribution is 2.34. The highest BCUT2D eigenvalue weighted by atomic mass is 19.1. The van der Waals surface area contributed by atoms with Crippen LogP contribution in [0.5, 0.6) is 5.75 Å². The number of rotatable bonds is 3. The monoisotopic (exact) mass is 278 g/mol. The summed E-state index contributed by atoms with van der Waals surface area (Å²) < 4.78 is 19.1. The largest absolute Gasteiger partial charge is 0.490 e. The molecule has 1 saturated heterocycles. The Labute approximate surface area is 117 Å². The topological polar surface area (TPSA) is 50.4 Å². The van der Waals surface area contributed by atoms with Gasteiger partial charge in [-0.1, -0.05) is 19.1 Å². The smallest absolute Gasteiger partial charge is 0.223 e. The molecule has 0 spiro atoms. The van der Waals surface area contributed by atoms with Gasteiger partial charge in [0, 0.05) is 17.9 Å². The van der Waals surface area contributed by atoms with Crippen LogP contribution in [0.15, 0.2) is 18.2 Å². The standard InChI is InChI=1S/C15H19FN2O2/c1-9(10-7-17-8-10)15(19)18-13-5-6-20-14-11(13)3-2-4-12(14)16/h2-4,9-10,13,17H,5-8H2,1H3,(H,18,19)/t9?,13-/m1/s1. The zero-order chi connectivity index (χ0) is 14.1. The van der Waals surface area contributed by atoms with Gasteiger partial charge >= 0.3 is 0 Å². The molecule has 1 amide bonds. The number of carbonyl (C=O) groups excluding carboxylic acids is 1. The number of para-hydroxylation sites is 1. The van der Waals surface area contributed by atoms with Gasteiger partial charge in [-0.3, -0.25) is 4.79 Å². The fraction of sp³-hybridized carbons (Fsp3) is 0.533. The summed E-state index contributed by atoms with van der Waals surface area (Å²) in [6.45, 7) is 4.17. The predicted molar refractivity (Wildman–Crippen MR) is 72.9 cm³/mol. The van der Waals surface area contributed by atoms with E-state index in [0.717, 1.165) is 18.7 Å². The molecule has 2 atom stereocenters. The van der Waals surface area contributed by atoms with Crippen LogP contribution in [0.25, 0.3) is 0 Å². The fourth-order valence-corrected chi connectivity index (χ4v) is 2.72. The van der Waals surface area contributed by atoms with Crippen LogP contribution in [-0.2, 0) is 4.79 Å². The van der Waals surface area contributed by atoms with E-state index in [1.807, 2.05) is 13.0 Å². The zero-order valence-electron chi connectivity index (χ0n) is 11.5. The molecule has 0 saturated carbocycles. The van der Waals surface area contributed by atoms with Crippen molar-refractivity contribution in [1.82, 2.24) is 10.6 Å². The maximum absolute atomic E-state index is 13.7. The lowest BCUT2D eigenvalue weighted by Crippen LogP contribution is -2.50. The van der Waals surface area contributed by atoms with E-state index in [9.17, 15) is 9.18 Å². The normalized spacial score (nSPS) is 23.2. The summed E-state index contributed by atoms with van der Waals surface area (Å²) >= 11 is 0. The van der Waals surface area contributed by atoms with Crippen molar-refractivity contribution >= 4 is 5.91 Å². The van der Waals surface area contributed by atoms with Crippen LogP contribution in [0, 0.1) is 17.7 Å². The number of fused-ring (bicyclic) bond motifs is 1. The van der Waals surface area contributed by atoms with Gasteiger partial charge in [-0.2, -0.15) is 0 Å². The number of ether oxygens (including phenoxy) is 1. The Bertz CT molecular complexity index is 517. The van der Waals surface area contributed by atoms with Gasteiger partial charge in [0.25, 0.3) is 0 Å². The summed E-state index contributed by atoms with van der Waals surface area (Å²) in [6.07, 6.45) is 0.678. The van der Waals surface area contributed by atoms with Crippen LogP contribution < -0.4 is 15.4 Å². The summed E-state index contributed by atoms with van der Waals surface area (Å²) in [6, 6.07) is 4.70. The molecular weight excluding hydrogens is 259 g/mol. The molecule has 2 aliphatic heterocycles. The number of halogens is 1. The van der Waals surface area contributed by atoms with Crippen LogP contribution in [0.1, 0.15) is 24.9 Å². The molecular formula is C15H19FN2O2. The predicted octanol–water partition coefficient (Wildman–Crippen LogP) is 1.62. The van der Waals surface area contributed by atoms with E-state index in [-0.39, 0.29) is 29.4 Å². The maximum Gasteiger partial charge on any atom is 0.223 e. The molecule has 2 N–H and O–H groups in total. The van der Waals surface area contributed by atoms with Crippen LogP contribution in [0.3, 0.4) is 0 Å². The molecule has 0 aliphatic carbocycles. The Balaban J connectivity index is 1.72. The summed E-state index contributed by atoms with van der Waals surface area (Å²) in [5.41, 5.74) is 0.739. The Kier molecular flexibility index (Phi) is 3.61. The highest BCUT2D eigenvalue weighted by molar-refractivity contribution is 5.79. The molecule has 0 bridgehead atoms. The second-order valence-corrected chi connectivity index (χ2v) is 5.56. The lowest BCUT2D eigenvalue weighted by Gasteiger charge is -2.33. The molecule has 2 aliphatic rings. The number of carbonyl (C=O) groups is 1. The summed E-state index contributed by atoms with van der Waals surface area (Å²) in [5, 5.41) is 6.21. The van der Waals surface area contributed by atoms with Gasteiger partial charge in [-0.15, -0.1) is 0 Å². The highest BCUT2D eigenvalue weighted by Gasteiger charge is 2.31. The Morgan fingerprint density at radius 3 is 3.00 bits per heavy atom. The minimum atomic E-state index is -0.363. The minimum Gasteiger partial charge on any atom is -0.490 e. The van der Waals surface area contributed by atoms with Gasteiger partial charge in [-0.25, -0.2) is 4.39 Å². The number of hydrogen-bond acceptors (Lipinski definition) is 3. The number of hydrogen-bond donors (Lipinski definition) is 2. The van der Waals surface area contributed by atoms with Crippen molar-refractivity contribution in [2.75, 3.05) is 19.7 Å². The Hall–Kier alpha value is -1.62. The van der Waals surface area contributed by atoms with E-state index in [0.29, 0.717) is 18.9 Å². The SMILES string of the molecule is CC(C(=O)N[C@@H]1CCOc2c(F)cccc21)C1CNC1. The summed E-state index contributed by atoms with van der Waals surface area (Å²) in [4.78, 5) is 12.3. The second-order valence-electron chi connectivity index (χ2n) is 5.56.